The average molecular weight is 473 g/mol. The van der Waals surface area contributed by atoms with E-state index in [1.165, 1.54) is 26.2 Å². The third-order valence-corrected chi connectivity index (χ3v) is 5.79. The van der Waals surface area contributed by atoms with Crippen LogP contribution in [-0.4, -0.2) is 30.7 Å². The predicted octanol–water partition coefficient (Wildman–Crippen LogP) is 5.20. The minimum atomic E-state index is -1.60. The lowest BCUT2D eigenvalue weighted by molar-refractivity contribution is -0.135. The highest BCUT2D eigenvalue weighted by Gasteiger charge is 2.31. The van der Waals surface area contributed by atoms with Crippen LogP contribution in [0, 0.1) is 5.92 Å². The molecule has 3 aromatic heterocycles. The maximum atomic E-state index is 14.3. The van der Waals surface area contributed by atoms with E-state index in [1.54, 1.807) is 36.3 Å². The third kappa shape index (κ3) is 5.03. The van der Waals surface area contributed by atoms with Crippen LogP contribution in [0.1, 0.15) is 32.4 Å². The van der Waals surface area contributed by atoms with Crippen LogP contribution < -0.4 is 10.1 Å². The molecule has 0 aliphatic heterocycles. The molecule has 0 atom stereocenters. The van der Waals surface area contributed by atoms with E-state index in [0.717, 1.165) is 29.5 Å². The van der Waals surface area contributed by atoms with E-state index in [4.69, 9.17) is 4.74 Å². The second kappa shape index (κ2) is 8.90. The number of benzene rings is 1. The normalized spacial score (nSPS) is 13.5. The van der Waals surface area contributed by atoms with Crippen LogP contribution in [0.2, 0.25) is 0 Å². The zero-order valence-electron chi connectivity index (χ0n) is 19.7. The van der Waals surface area contributed by atoms with Crippen LogP contribution in [0.3, 0.4) is 0 Å². The molecule has 1 aromatic carbocycles. The highest BCUT2D eigenvalue weighted by Crippen LogP contribution is 2.32. The standard InChI is InChI=1S/C26H25FN6O2/c1-26(2,27)22-14-28-15-23(31-22)32-24-20(13-30-33(24)3)21-11-8-18(12-29-21)16-6-9-19(10-7-16)35-25(34)17-4-5-17/h6-15,17H,4-5H2,1-3H3,(H,31,32). The zero-order chi connectivity index (χ0) is 24.6. The highest BCUT2D eigenvalue weighted by atomic mass is 19.1. The summed E-state index contributed by atoms with van der Waals surface area (Å²) in [6.07, 6.45) is 8.28. The van der Waals surface area contributed by atoms with Crippen molar-refractivity contribution in [3.8, 4) is 28.1 Å². The Bertz CT molecular complexity index is 1360. The summed E-state index contributed by atoms with van der Waals surface area (Å²) in [4.78, 5) is 24.9. The van der Waals surface area contributed by atoms with Gasteiger partial charge in [-0.05, 0) is 50.5 Å². The Morgan fingerprint density at radius 2 is 1.80 bits per heavy atom. The maximum absolute atomic E-state index is 14.3. The van der Waals surface area contributed by atoms with Gasteiger partial charge in [-0.25, -0.2) is 9.37 Å². The topological polar surface area (TPSA) is 94.8 Å². The molecule has 1 N–H and O–H groups in total. The van der Waals surface area contributed by atoms with E-state index in [0.29, 0.717) is 23.1 Å². The van der Waals surface area contributed by atoms with Crippen molar-refractivity contribution in [1.82, 2.24) is 24.7 Å². The third-order valence-electron chi connectivity index (χ3n) is 5.79. The number of rotatable bonds is 7. The summed E-state index contributed by atoms with van der Waals surface area (Å²) >= 11 is 0. The number of pyridine rings is 1. The van der Waals surface area contributed by atoms with Crippen molar-refractivity contribution < 1.29 is 13.9 Å². The van der Waals surface area contributed by atoms with Crippen LogP contribution >= 0.6 is 0 Å². The molecule has 0 saturated heterocycles. The van der Waals surface area contributed by atoms with Gasteiger partial charge in [0.25, 0.3) is 0 Å². The Morgan fingerprint density at radius 3 is 2.46 bits per heavy atom. The molecule has 4 aromatic rings. The van der Waals surface area contributed by atoms with Crippen molar-refractivity contribution >= 4 is 17.6 Å². The SMILES string of the molecule is Cn1ncc(-c2ccc(-c3ccc(OC(=O)C4CC4)cc3)cn2)c1Nc1cncc(C(C)(C)F)n1. The van der Waals surface area contributed by atoms with Crippen LogP contribution in [0.4, 0.5) is 16.0 Å². The van der Waals surface area contributed by atoms with E-state index >= 15 is 0 Å². The Morgan fingerprint density at radius 1 is 1.06 bits per heavy atom. The van der Waals surface area contributed by atoms with Crippen molar-refractivity contribution in [2.45, 2.75) is 32.4 Å². The van der Waals surface area contributed by atoms with Crippen LogP contribution in [0.25, 0.3) is 22.4 Å². The van der Waals surface area contributed by atoms with Gasteiger partial charge < -0.3 is 10.1 Å². The van der Waals surface area contributed by atoms with Crippen molar-refractivity contribution in [3.05, 3.63) is 66.9 Å². The number of ether oxygens (including phenoxy) is 1. The lowest BCUT2D eigenvalue weighted by Gasteiger charge is -2.15. The number of nitrogens with one attached hydrogen (secondary N) is 1. The molecule has 8 nitrogen and oxygen atoms in total. The van der Waals surface area contributed by atoms with Crippen LogP contribution in [0.15, 0.2) is 61.2 Å². The lowest BCUT2D eigenvalue weighted by Crippen LogP contribution is -2.13. The van der Waals surface area contributed by atoms with E-state index in [2.05, 4.69) is 25.4 Å². The number of halogens is 1. The molecular weight excluding hydrogens is 447 g/mol. The van der Waals surface area contributed by atoms with Crippen LogP contribution in [0.5, 0.6) is 5.75 Å². The molecule has 0 amide bonds. The van der Waals surface area contributed by atoms with Gasteiger partial charge in [0.15, 0.2) is 5.82 Å². The number of hydrogen-bond donors (Lipinski definition) is 1. The number of hydrogen-bond acceptors (Lipinski definition) is 7. The summed E-state index contributed by atoms with van der Waals surface area (Å²) in [7, 11) is 1.80. The molecule has 0 unspecified atom stereocenters. The van der Waals surface area contributed by atoms with Crippen molar-refractivity contribution in [2.75, 3.05) is 5.32 Å². The summed E-state index contributed by atoms with van der Waals surface area (Å²) in [6.45, 7) is 2.88. The molecule has 0 bridgehead atoms. The van der Waals surface area contributed by atoms with Crippen molar-refractivity contribution in [1.29, 1.82) is 0 Å². The van der Waals surface area contributed by atoms with Gasteiger partial charge in [-0.1, -0.05) is 18.2 Å². The van der Waals surface area contributed by atoms with Gasteiger partial charge in [-0.2, -0.15) is 5.10 Å². The molecule has 1 aliphatic carbocycles. The Balaban J connectivity index is 1.34. The minimum absolute atomic E-state index is 0.0600. The molecule has 1 aliphatic rings. The van der Waals surface area contributed by atoms with Gasteiger partial charge in [0.1, 0.15) is 17.2 Å². The lowest BCUT2D eigenvalue weighted by atomic mass is 10.1. The fourth-order valence-electron chi connectivity index (χ4n) is 3.57. The molecule has 9 heteroatoms. The van der Waals surface area contributed by atoms with Crippen molar-refractivity contribution in [2.24, 2.45) is 13.0 Å². The first-order chi connectivity index (χ1) is 16.8. The number of alkyl halides is 1. The van der Waals surface area contributed by atoms with E-state index in [1.807, 2.05) is 24.3 Å². The van der Waals surface area contributed by atoms with Crippen LogP contribution in [-0.2, 0) is 17.5 Å². The van der Waals surface area contributed by atoms with Gasteiger partial charge in [0.05, 0.1) is 41.5 Å². The van der Waals surface area contributed by atoms with Gasteiger partial charge in [0, 0.05) is 18.8 Å². The number of esters is 1. The summed E-state index contributed by atoms with van der Waals surface area (Å²) in [5.41, 5.74) is 2.01. The summed E-state index contributed by atoms with van der Waals surface area (Å²) in [5, 5.41) is 7.53. The van der Waals surface area contributed by atoms with E-state index < -0.39 is 5.67 Å². The number of carbonyl (C=O) groups excluding carboxylic acids is 1. The molecule has 0 spiro atoms. The van der Waals surface area contributed by atoms with E-state index in [-0.39, 0.29) is 17.6 Å². The van der Waals surface area contributed by atoms with Gasteiger partial charge in [0.2, 0.25) is 0 Å². The van der Waals surface area contributed by atoms with Gasteiger partial charge in [-0.3, -0.25) is 19.4 Å². The quantitative estimate of drug-likeness (QED) is 0.292. The Labute approximate surface area is 202 Å². The summed E-state index contributed by atoms with van der Waals surface area (Å²) in [5.74, 6) is 1.53. The molecular formula is C26H25FN6O2. The largest absolute Gasteiger partial charge is 0.426 e. The van der Waals surface area contributed by atoms with Gasteiger partial charge in [-0.15, -0.1) is 0 Å². The number of carbonyl (C=O) groups is 1. The first-order valence-corrected chi connectivity index (χ1v) is 11.4. The first-order valence-electron chi connectivity index (χ1n) is 11.4. The monoisotopic (exact) mass is 472 g/mol. The molecule has 1 saturated carbocycles. The van der Waals surface area contributed by atoms with Crippen molar-refractivity contribution in [3.63, 3.8) is 0 Å². The Hall–Kier alpha value is -4.14. The Kier molecular flexibility index (Phi) is 5.76. The number of anilines is 2. The maximum Gasteiger partial charge on any atom is 0.314 e. The number of aromatic nitrogens is 5. The first kappa shape index (κ1) is 22.6. The van der Waals surface area contributed by atoms with Gasteiger partial charge >= 0.3 is 5.97 Å². The fraction of sp³-hybridized carbons (Fsp3) is 0.269. The zero-order valence-corrected chi connectivity index (χ0v) is 19.7. The molecule has 1 fully saturated rings. The smallest absolute Gasteiger partial charge is 0.314 e. The minimum Gasteiger partial charge on any atom is -0.426 e. The summed E-state index contributed by atoms with van der Waals surface area (Å²) < 4.78 is 21.4. The molecule has 0 radical (unpaired) electrons. The molecule has 178 valence electrons. The fourth-order valence-corrected chi connectivity index (χ4v) is 3.57. The highest BCUT2D eigenvalue weighted by molar-refractivity contribution is 5.78. The van der Waals surface area contributed by atoms with E-state index in [9.17, 15) is 9.18 Å². The molecule has 35 heavy (non-hydrogen) atoms. The number of nitrogens with zero attached hydrogens (tertiary/aromatic N) is 5. The molecule has 5 rings (SSSR count). The predicted molar refractivity (Wildman–Crippen MR) is 130 cm³/mol. The number of aryl methyl sites for hydroxylation is 1. The summed E-state index contributed by atoms with van der Waals surface area (Å²) in [6, 6.07) is 11.3. The molecule has 3 heterocycles. The second-order valence-electron chi connectivity index (χ2n) is 9.07. The second-order valence-corrected chi connectivity index (χ2v) is 9.07. The average Bonchev–Trinajstić information content (AvgIpc) is 3.64.